The first kappa shape index (κ1) is 15.5. The van der Waals surface area contributed by atoms with E-state index in [2.05, 4.69) is 48.2 Å². The lowest BCUT2D eigenvalue weighted by atomic mass is 10.2. The first-order valence-corrected chi connectivity index (χ1v) is 8.10. The summed E-state index contributed by atoms with van der Waals surface area (Å²) in [6, 6.07) is 20.3. The summed E-state index contributed by atoms with van der Waals surface area (Å²) in [5.74, 6) is 1.65. The standard InChI is InChI=1S/C18H17BrN4/c1-23(12-14-6-3-2-4-7-14)18-11-17(20-13-21-18)22-16-9-5-8-15(19)10-16/h2-11,13H,12H2,1H3,(H,20,21,22). The van der Waals surface area contributed by atoms with Crippen LogP contribution in [0.2, 0.25) is 0 Å². The summed E-state index contributed by atoms with van der Waals surface area (Å²) >= 11 is 3.47. The average molecular weight is 369 g/mol. The van der Waals surface area contributed by atoms with Crippen molar-refractivity contribution in [1.82, 2.24) is 9.97 Å². The monoisotopic (exact) mass is 368 g/mol. The zero-order chi connectivity index (χ0) is 16.1. The van der Waals surface area contributed by atoms with E-state index in [4.69, 9.17) is 0 Å². The lowest BCUT2D eigenvalue weighted by molar-refractivity contribution is 0.892. The summed E-state index contributed by atoms with van der Waals surface area (Å²) in [5, 5.41) is 3.30. The molecule has 3 rings (SSSR count). The van der Waals surface area contributed by atoms with Gasteiger partial charge in [0.15, 0.2) is 0 Å². The minimum atomic E-state index is 0.771. The van der Waals surface area contributed by atoms with Gasteiger partial charge in [0, 0.05) is 29.8 Å². The van der Waals surface area contributed by atoms with Gasteiger partial charge in [0.1, 0.15) is 18.0 Å². The van der Waals surface area contributed by atoms with Crippen molar-refractivity contribution < 1.29 is 0 Å². The Kier molecular flexibility index (Phi) is 4.88. The fourth-order valence-electron chi connectivity index (χ4n) is 2.28. The normalized spacial score (nSPS) is 10.3. The molecular weight excluding hydrogens is 352 g/mol. The number of anilines is 3. The fraction of sp³-hybridized carbons (Fsp3) is 0.111. The summed E-state index contributed by atoms with van der Waals surface area (Å²) in [7, 11) is 2.03. The summed E-state index contributed by atoms with van der Waals surface area (Å²) in [4.78, 5) is 10.8. The van der Waals surface area contributed by atoms with Crippen LogP contribution in [0, 0.1) is 0 Å². The lowest BCUT2D eigenvalue weighted by Crippen LogP contribution is -2.17. The first-order chi connectivity index (χ1) is 11.2. The quantitative estimate of drug-likeness (QED) is 0.713. The average Bonchev–Trinajstić information content (AvgIpc) is 2.56. The molecule has 0 unspecified atom stereocenters. The summed E-state index contributed by atoms with van der Waals surface area (Å²) in [5.41, 5.74) is 2.23. The Labute approximate surface area is 144 Å². The summed E-state index contributed by atoms with van der Waals surface area (Å²) in [6.07, 6.45) is 1.58. The highest BCUT2D eigenvalue weighted by Gasteiger charge is 2.06. The van der Waals surface area contributed by atoms with E-state index >= 15 is 0 Å². The SMILES string of the molecule is CN(Cc1ccccc1)c1cc(Nc2cccc(Br)c2)ncn1. The molecular formula is C18H17BrN4. The molecule has 0 atom stereocenters. The number of benzene rings is 2. The van der Waals surface area contributed by atoms with E-state index in [9.17, 15) is 0 Å². The highest BCUT2D eigenvalue weighted by atomic mass is 79.9. The van der Waals surface area contributed by atoms with Crippen LogP contribution in [0.4, 0.5) is 17.3 Å². The fourth-order valence-corrected chi connectivity index (χ4v) is 2.68. The molecule has 23 heavy (non-hydrogen) atoms. The lowest BCUT2D eigenvalue weighted by Gasteiger charge is -2.18. The Morgan fingerprint density at radius 2 is 1.83 bits per heavy atom. The minimum absolute atomic E-state index is 0.771. The number of hydrogen-bond donors (Lipinski definition) is 1. The van der Waals surface area contributed by atoms with E-state index in [1.807, 2.05) is 55.6 Å². The van der Waals surface area contributed by atoms with Gasteiger partial charge < -0.3 is 10.2 Å². The van der Waals surface area contributed by atoms with Crippen LogP contribution in [-0.2, 0) is 6.54 Å². The van der Waals surface area contributed by atoms with Crippen molar-refractivity contribution in [3.05, 3.63) is 77.0 Å². The van der Waals surface area contributed by atoms with Crippen LogP contribution in [-0.4, -0.2) is 17.0 Å². The molecule has 0 saturated heterocycles. The van der Waals surface area contributed by atoms with Crippen molar-refractivity contribution in [2.45, 2.75) is 6.54 Å². The Bertz CT molecular complexity index is 777. The van der Waals surface area contributed by atoms with Crippen molar-refractivity contribution in [2.75, 3.05) is 17.3 Å². The van der Waals surface area contributed by atoms with E-state index in [0.29, 0.717) is 0 Å². The Morgan fingerprint density at radius 1 is 1.00 bits per heavy atom. The molecule has 5 heteroatoms. The van der Waals surface area contributed by atoms with Crippen LogP contribution in [0.3, 0.4) is 0 Å². The Balaban J connectivity index is 1.74. The predicted octanol–water partition coefficient (Wildman–Crippen LogP) is 4.62. The van der Waals surface area contributed by atoms with Crippen LogP contribution < -0.4 is 10.2 Å². The van der Waals surface area contributed by atoms with E-state index in [1.165, 1.54) is 5.56 Å². The Hall–Kier alpha value is -2.40. The van der Waals surface area contributed by atoms with Crippen LogP contribution in [0.5, 0.6) is 0 Å². The molecule has 0 aliphatic carbocycles. The van der Waals surface area contributed by atoms with Crippen LogP contribution >= 0.6 is 15.9 Å². The molecule has 0 radical (unpaired) electrons. The third-order valence-electron chi connectivity index (χ3n) is 3.40. The highest BCUT2D eigenvalue weighted by molar-refractivity contribution is 9.10. The van der Waals surface area contributed by atoms with Gasteiger partial charge >= 0.3 is 0 Å². The highest BCUT2D eigenvalue weighted by Crippen LogP contribution is 2.21. The zero-order valence-electron chi connectivity index (χ0n) is 12.8. The molecule has 4 nitrogen and oxygen atoms in total. The topological polar surface area (TPSA) is 41.0 Å². The van der Waals surface area contributed by atoms with Gasteiger partial charge in [0.2, 0.25) is 0 Å². The molecule has 0 bridgehead atoms. The largest absolute Gasteiger partial charge is 0.355 e. The zero-order valence-corrected chi connectivity index (χ0v) is 14.4. The van der Waals surface area contributed by atoms with E-state index < -0.39 is 0 Å². The van der Waals surface area contributed by atoms with Crippen molar-refractivity contribution in [2.24, 2.45) is 0 Å². The molecule has 1 heterocycles. The van der Waals surface area contributed by atoms with E-state index in [-0.39, 0.29) is 0 Å². The van der Waals surface area contributed by atoms with Gasteiger partial charge in [-0.25, -0.2) is 9.97 Å². The predicted molar refractivity (Wildman–Crippen MR) is 98.0 cm³/mol. The van der Waals surface area contributed by atoms with Gasteiger partial charge in [0.25, 0.3) is 0 Å². The second-order valence-electron chi connectivity index (χ2n) is 5.24. The Morgan fingerprint density at radius 3 is 2.61 bits per heavy atom. The molecule has 0 aliphatic heterocycles. The third-order valence-corrected chi connectivity index (χ3v) is 3.90. The maximum Gasteiger partial charge on any atom is 0.135 e. The number of rotatable bonds is 5. The van der Waals surface area contributed by atoms with Crippen molar-refractivity contribution in [3.8, 4) is 0 Å². The van der Waals surface area contributed by atoms with Crippen molar-refractivity contribution in [1.29, 1.82) is 0 Å². The number of aromatic nitrogens is 2. The van der Waals surface area contributed by atoms with Gasteiger partial charge in [-0.1, -0.05) is 52.3 Å². The van der Waals surface area contributed by atoms with Gasteiger partial charge in [0.05, 0.1) is 0 Å². The van der Waals surface area contributed by atoms with Crippen LogP contribution in [0.1, 0.15) is 5.56 Å². The molecule has 0 spiro atoms. The third kappa shape index (κ3) is 4.29. The second-order valence-corrected chi connectivity index (χ2v) is 6.15. The second kappa shape index (κ2) is 7.24. The maximum absolute atomic E-state index is 4.36. The molecule has 116 valence electrons. The number of hydrogen-bond acceptors (Lipinski definition) is 4. The van der Waals surface area contributed by atoms with Gasteiger partial charge in [-0.15, -0.1) is 0 Å². The van der Waals surface area contributed by atoms with Gasteiger partial charge in [-0.3, -0.25) is 0 Å². The number of nitrogens with one attached hydrogen (secondary N) is 1. The summed E-state index contributed by atoms with van der Waals surface area (Å²) in [6.45, 7) is 0.800. The molecule has 0 fully saturated rings. The van der Waals surface area contributed by atoms with Crippen molar-refractivity contribution in [3.63, 3.8) is 0 Å². The minimum Gasteiger partial charge on any atom is -0.355 e. The number of halogens is 1. The molecule has 1 N–H and O–H groups in total. The number of nitrogens with zero attached hydrogens (tertiary/aromatic N) is 3. The molecule has 0 amide bonds. The first-order valence-electron chi connectivity index (χ1n) is 7.30. The van der Waals surface area contributed by atoms with E-state index in [0.717, 1.165) is 28.3 Å². The van der Waals surface area contributed by atoms with Crippen molar-refractivity contribution >= 4 is 33.3 Å². The smallest absolute Gasteiger partial charge is 0.135 e. The van der Waals surface area contributed by atoms with Crippen LogP contribution in [0.25, 0.3) is 0 Å². The van der Waals surface area contributed by atoms with E-state index in [1.54, 1.807) is 6.33 Å². The molecule has 0 saturated carbocycles. The van der Waals surface area contributed by atoms with Crippen LogP contribution in [0.15, 0.2) is 71.5 Å². The molecule has 2 aromatic carbocycles. The van der Waals surface area contributed by atoms with Gasteiger partial charge in [-0.2, -0.15) is 0 Å². The summed E-state index contributed by atoms with van der Waals surface area (Å²) < 4.78 is 1.03. The van der Waals surface area contributed by atoms with Gasteiger partial charge in [-0.05, 0) is 23.8 Å². The maximum atomic E-state index is 4.36. The molecule has 0 aliphatic rings. The molecule has 1 aromatic heterocycles. The molecule has 3 aromatic rings.